The van der Waals surface area contributed by atoms with E-state index < -0.39 is 0 Å². The number of aromatic nitrogens is 3. The number of nitrogens with zero attached hydrogens (tertiary/aromatic N) is 3. The summed E-state index contributed by atoms with van der Waals surface area (Å²) in [7, 11) is 3.58. The molecule has 1 N–H and O–H groups in total. The highest BCUT2D eigenvalue weighted by Crippen LogP contribution is 2.32. The molecule has 0 aliphatic heterocycles. The molecule has 0 bridgehead atoms. The van der Waals surface area contributed by atoms with E-state index in [0.717, 1.165) is 28.3 Å². The predicted molar refractivity (Wildman–Crippen MR) is 130 cm³/mol. The third kappa shape index (κ3) is 5.62. The van der Waals surface area contributed by atoms with E-state index in [9.17, 15) is 4.79 Å². The van der Waals surface area contributed by atoms with Crippen molar-refractivity contribution in [1.82, 2.24) is 20.1 Å². The molecule has 1 heterocycles. The first-order valence-electron chi connectivity index (χ1n) is 10.7. The summed E-state index contributed by atoms with van der Waals surface area (Å²) >= 11 is 1.38. The van der Waals surface area contributed by atoms with Gasteiger partial charge in [0.1, 0.15) is 11.6 Å². The first-order chi connectivity index (χ1) is 16.2. The Morgan fingerprint density at radius 1 is 0.939 bits per heavy atom. The average molecular weight is 459 g/mol. The summed E-state index contributed by atoms with van der Waals surface area (Å²) in [6, 6.07) is 28.2. The van der Waals surface area contributed by atoms with E-state index in [-0.39, 0.29) is 17.6 Å². The number of benzene rings is 3. The average Bonchev–Trinajstić information content (AvgIpc) is 3.23. The van der Waals surface area contributed by atoms with Crippen LogP contribution in [-0.4, -0.2) is 33.5 Å². The van der Waals surface area contributed by atoms with Crippen LogP contribution in [0.15, 0.2) is 90.1 Å². The number of carbonyl (C=O) groups excluding carboxylic acids is 1. The zero-order valence-corrected chi connectivity index (χ0v) is 19.5. The van der Waals surface area contributed by atoms with Crippen molar-refractivity contribution in [3.05, 3.63) is 107 Å². The molecule has 0 unspecified atom stereocenters. The van der Waals surface area contributed by atoms with Crippen molar-refractivity contribution in [2.45, 2.75) is 17.6 Å². The summed E-state index contributed by atoms with van der Waals surface area (Å²) in [6.45, 7) is 0.470. The lowest BCUT2D eigenvalue weighted by molar-refractivity contribution is -0.118. The molecular formula is C26H26N4O2S. The van der Waals surface area contributed by atoms with Crippen LogP contribution in [0.25, 0.3) is 0 Å². The van der Waals surface area contributed by atoms with Crippen molar-refractivity contribution in [3.63, 3.8) is 0 Å². The molecule has 0 aliphatic rings. The van der Waals surface area contributed by atoms with Gasteiger partial charge in [-0.15, -0.1) is 10.2 Å². The van der Waals surface area contributed by atoms with Crippen molar-refractivity contribution in [3.8, 4) is 5.75 Å². The second-order valence-corrected chi connectivity index (χ2v) is 8.51. The minimum absolute atomic E-state index is 0.0388. The smallest absolute Gasteiger partial charge is 0.230 e. The van der Waals surface area contributed by atoms with Gasteiger partial charge < -0.3 is 14.6 Å². The van der Waals surface area contributed by atoms with E-state index in [2.05, 4.69) is 39.8 Å². The van der Waals surface area contributed by atoms with Crippen LogP contribution in [-0.2, 0) is 18.4 Å². The molecule has 0 spiro atoms. The van der Waals surface area contributed by atoms with Crippen molar-refractivity contribution < 1.29 is 9.53 Å². The van der Waals surface area contributed by atoms with Gasteiger partial charge in [0.25, 0.3) is 0 Å². The number of thioether (sulfide) groups is 1. The molecule has 7 heteroatoms. The van der Waals surface area contributed by atoms with E-state index in [0.29, 0.717) is 11.7 Å². The standard InChI is InChI=1S/C26H26N4O2S/c1-30-25(24(20-9-5-3-6-10-20)21-11-7-4-8-12-21)28-29-26(30)33-18-23(31)27-17-19-13-15-22(32-2)16-14-19/h3-16,24H,17-18H2,1-2H3,(H,27,31). The minimum Gasteiger partial charge on any atom is -0.497 e. The molecule has 0 saturated heterocycles. The number of methoxy groups -OCH3 is 1. The number of hydrogen-bond acceptors (Lipinski definition) is 5. The van der Waals surface area contributed by atoms with Gasteiger partial charge in [-0.2, -0.15) is 0 Å². The molecule has 0 saturated carbocycles. The van der Waals surface area contributed by atoms with Gasteiger partial charge in [-0.25, -0.2) is 0 Å². The van der Waals surface area contributed by atoms with E-state index >= 15 is 0 Å². The second kappa shape index (κ2) is 10.8. The maximum Gasteiger partial charge on any atom is 0.230 e. The molecule has 0 fully saturated rings. The molecule has 0 aliphatic carbocycles. The van der Waals surface area contributed by atoms with Gasteiger partial charge in [0, 0.05) is 13.6 Å². The Hall–Kier alpha value is -3.58. The van der Waals surface area contributed by atoms with Gasteiger partial charge in [-0.3, -0.25) is 4.79 Å². The number of amides is 1. The van der Waals surface area contributed by atoms with Crippen molar-refractivity contribution >= 4 is 17.7 Å². The van der Waals surface area contributed by atoms with Crippen LogP contribution in [0.4, 0.5) is 0 Å². The molecule has 33 heavy (non-hydrogen) atoms. The highest BCUT2D eigenvalue weighted by Gasteiger charge is 2.23. The van der Waals surface area contributed by atoms with Crippen molar-refractivity contribution in [1.29, 1.82) is 0 Å². The SMILES string of the molecule is COc1ccc(CNC(=O)CSc2nnc(C(c3ccccc3)c3ccccc3)n2C)cc1. The fourth-order valence-electron chi connectivity index (χ4n) is 3.61. The fraction of sp³-hybridized carbons (Fsp3) is 0.192. The van der Waals surface area contributed by atoms with Crippen LogP contribution < -0.4 is 10.1 Å². The lowest BCUT2D eigenvalue weighted by Gasteiger charge is -2.17. The Balaban J connectivity index is 1.43. The van der Waals surface area contributed by atoms with Crippen LogP contribution >= 0.6 is 11.8 Å². The summed E-state index contributed by atoms with van der Waals surface area (Å²) in [5, 5.41) is 12.5. The van der Waals surface area contributed by atoms with Gasteiger partial charge in [0.05, 0.1) is 18.8 Å². The second-order valence-electron chi connectivity index (χ2n) is 7.57. The van der Waals surface area contributed by atoms with Crippen molar-refractivity contribution in [2.75, 3.05) is 12.9 Å². The topological polar surface area (TPSA) is 69.0 Å². The number of hydrogen-bond donors (Lipinski definition) is 1. The molecular weight excluding hydrogens is 432 g/mol. The lowest BCUT2D eigenvalue weighted by Crippen LogP contribution is -2.24. The number of ether oxygens (including phenoxy) is 1. The first-order valence-corrected chi connectivity index (χ1v) is 11.7. The zero-order chi connectivity index (χ0) is 23.0. The Morgan fingerprint density at radius 2 is 1.55 bits per heavy atom. The summed E-state index contributed by atoms with van der Waals surface area (Å²) < 4.78 is 7.14. The molecule has 1 amide bonds. The fourth-order valence-corrected chi connectivity index (χ4v) is 4.36. The zero-order valence-electron chi connectivity index (χ0n) is 18.6. The number of nitrogens with one attached hydrogen (secondary N) is 1. The van der Waals surface area contributed by atoms with E-state index in [1.165, 1.54) is 11.8 Å². The third-order valence-corrected chi connectivity index (χ3v) is 6.39. The molecule has 3 aromatic carbocycles. The molecule has 4 aromatic rings. The summed E-state index contributed by atoms with van der Waals surface area (Å²) in [6.07, 6.45) is 0. The van der Waals surface area contributed by atoms with Crippen LogP contribution in [0.3, 0.4) is 0 Å². The molecule has 6 nitrogen and oxygen atoms in total. The lowest BCUT2D eigenvalue weighted by atomic mass is 9.90. The Morgan fingerprint density at radius 3 is 2.12 bits per heavy atom. The van der Waals surface area contributed by atoms with Crippen LogP contribution in [0.1, 0.15) is 28.4 Å². The highest BCUT2D eigenvalue weighted by molar-refractivity contribution is 7.99. The quantitative estimate of drug-likeness (QED) is 0.376. The summed E-state index contributed by atoms with van der Waals surface area (Å²) in [5.41, 5.74) is 3.31. The van der Waals surface area contributed by atoms with E-state index in [1.807, 2.05) is 72.3 Å². The van der Waals surface area contributed by atoms with Gasteiger partial charge in [0.15, 0.2) is 5.16 Å². The third-order valence-electron chi connectivity index (χ3n) is 5.37. The molecule has 0 radical (unpaired) electrons. The van der Waals surface area contributed by atoms with Gasteiger partial charge in [-0.1, -0.05) is 84.6 Å². The number of rotatable bonds is 9. The Bertz CT molecular complexity index is 1140. The molecule has 168 valence electrons. The summed E-state index contributed by atoms with van der Waals surface area (Å²) in [5.74, 6) is 1.81. The summed E-state index contributed by atoms with van der Waals surface area (Å²) in [4.78, 5) is 12.4. The predicted octanol–water partition coefficient (Wildman–Crippen LogP) is 4.41. The maximum atomic E-state index is 12.4. The van der Waals surface area contributed by atoms with Crippen molar-refractivity contribution in [2.24, 2.45) is 7.05 Å². The highest BCUT2D eigenvalue weighted by atomic mass is 32.2. The van der Waals surface area contributed by atoms with Crippen LogP contribution in [0.5, 0.6) is 5.75 Å². The number of carbonyl (C=O) groups is 1. The first kappa shape index (κ1) is 22.6. The largest absolute Gasteiger partial charge is 0.497 e. The monoisotopic (exact) mass is 458 g/mol. The van der Waals surface area contributed by atoms with Crippen LogP contribution in [0.2, 0.25) is 0 Å². The van der Waals surface area contributed by atoms with Gasteiger partial charge in [-0.05, 0) is 28.8 Å². The Kier molecular flexibility index (Phi) is 7.42. The Labute approximate surface area is 198 Å². The molecule has 0 atom stereocenters. The minimum atomic E-state index is -0.0527. The molecule has 4 rings (SSSR count). The maximum absolute atomic E-state index is 12.4. The molecule has 1 aromatic heterocycles. The normalized spacial score (nSPS) is 10.9. The van der Waals surface area contributed by atoms with E-state index in [1.54, 1.807) is 7.11 Å². The van der Waals surface area contributed by atoms with E-state index in [4.69, 9.17) is 4.74 Å². The van der Waals surface area contributed by atoms with Crippen LogP contribution in [0, 0.1) is 0 Å². The van der Waals surface area contributed by atoms with Gasteiger partial charge >= 0.3 is 0 Å². The van der Waals surface area contributed by atoms with Gasteiger partial charge in [0.2, 0.25) is 5.91 Å².